The largest absolute Gasteiger partial charge is 0.486 e. The van der Waals surface area contributed by atoms with E-state index in [-0.39, 0.29) is 10.9 Å². The fourth-order valence-corrected chi connectivity index (χ4v) is 5.22. The monoisotopic (exact) mass is 370 g/mol. The molecule has 2 aliphatic rings. The number of ether oxygens (including phenoxy) is 2. The molecule has 7 heteroatoms. The van der Waals surface area contributed by atoms with Crippen LogP contribution in [-0.2, 0) is 10.0 Å². The van der Waals surface area contributed by atoms with E-state index in [1.54, 1.807) is 12.1 Å². The van der Waals surface area contributed by atoms with E-state index in [2.05, 4.69) is 0 Å². The second kappa shape index (κ2) is 6.63. The van der Waals surface area contributed by atoms with Crippen molar-refractivity contribution in [2.45, 2.75) is 23.8 Å². The van der Waals surface area contributed by atoms with Crippen molar-refractivity contribution in [1.29, 1.82) is 5.26 Å². The third-order valence-corrected chi connectivity index (χ3v) is 6.63. The Kier molecular flexibility index (Phi) is 4.31. The average Bonchev–Trinajstić information content (AvgIpc) is 3.18. The summed E-state index contributed by atoms with van der Waals surface area (Å²) in [4.78, 5) is 0.154. The first-order valence-corrected chi connectivity index (χ1v) is 9.95. The molecule has 0 radical (unpaired) electrons. The summed E-state index contributed by atoms with van der Waals surface area (Å²) in [6, 6.07) is 13.5. The highest BCUT2D eigenvalue weighted by Gasteiger charge is 2.36. The van der Waals surface area contributed by atoms with Gasteiger partial charge in [0.25, 0.3) is 0 Å². The van der Waals surface area contributed by atoms with Crippen molar-refractivity contribution in [2.24, 2.45) is 0 Å². The third kappa shape index (κ3) is 2.91. The van der Waals surface area contributed by atoms with Crippen LogP contribution in [-0.4, -0.2) is 32.5 Å². The molecule has 0 aromatic heterocycles. The lowest BCUT2D eigenvalue weighted by Crippen LogP contribution is -2.30. The Bertz CT molecular complexity index is 981. The molecule has 2 aromatic carbocycles. The number of hydrogen-bond acceptors (Lipinski definition) is 5. The van der Waals surface area contributed by atoms with Crippen LogP contribution in [0.15, 0.2) is 47.4 Å². The number of sulfonamides is 1. The highest BCUT2D eigenvalue weighted by molar-refractivity contribution is 7.89. The van der Waals surface area contributed by atoms with Gasteiger partial charge in [-0.15, -0.1) is 0 Å². The van der Waals surface area contributed by atoms with Crippen LogP contribution in [0.1, 0.15) is 30.0 Å². The molecule has 0 saturated carbocycles. The van der Waals surface area contributed by atoms with Gasteiger partial charge in [0, 0.05) is 6.54 Å². The summed E-state index contributed by atoms with van der Waals surface area (Å²) in [5.74, 6) is 1.35. The van der Waals surface area contributed by atoms with Crippen molar-refractivity contribution in [3.8, 4) is 17.6 Å². The fraction of sp³-hybridized carbons (Fsp3) is 0.316. The molecule has 0 bridgehead atoms. The van der Waals surface area contributed by atoms with Crippen LogP contribution in [0.3, 0.4) is 0 Å². The van der Waals surface area contributed by atoms with Gasteiger partial charge in [0.05, 0.1) is 22.6 Å². The SMILES string of the molecule is N#Cc1cccc(S(=O)(=O)N2CCC[C@@H]2c2ccc3c(c2)OCCO3)c1. The van der Waals surface area contributed by atoms with Crippen molar-refractivity contribution in [1.82, 2.24) is 4.31 Å². The van der Waals surface area contributed by atoms with Gasteiger partial charge >= 0.3 is 0 Å². The first-order chi connectivity index (χ1) is 12.6. The predicted molar refractivity (Wildman–Crippen MR) is 94.5 cm³/mol. The molecule has 1 fully saturated rings. The maximum atomic E-state index is 13.1. The number of fused-ring (bicyclic) bond motifs is 1. The number of rotatable bonds is 3. The van der Waals surface area contributed by atoms with Gasteiger partial charge in [-0.1, -0.05) is 12.1 Å². The highest BCUT2D eigenvalue weighted by Crippen LogP contribution is 2.40. The van der Waals surface area contributed by atoms with Gasteiger partial charge in [0.2, 0.25) is 10.0 Å². The van der Waals surface area contributed by atoms with Crippen LogP contribution in [0.2, 0.25) is 0 Å². The van der Waals surface area contributed by atoms with Crippen LogP contribution >= 0.6 is 0 Å². The number of benzene rings is 2. The molecular weight excluding hydrogens is 352 g/mol. The topological polar surface area (TPSA) is 79.6 Å². The zero-order valence-corrected chi connectivity index (χ0v) is 14.9. The summed E-state index contributed by atoms with van der Waals surface area (Å²) >= 11 is 0. The number of nitriles is 1. The van der Waals surface area contributed by atoms with Crippen molar-refractivity contribution < 1.29 is 17.9 Å². The van der Waals surface area contributed by atoms with E-state index >= 15 is 0 Å². The van der Waals surface area contributed by atoms with Gasteiger partial charge in [-0.05, 0) is 48.7 Å². The van der Waals surface area contributed by atoms with Crippen LogP contribution < -0.4 is 9.47 Å². The van der Waals surface area contributed by atoms with Gasteiger partial charge in [-0.2, -0.15) is 9.57 Å². The molecule has 2 aliphatic heterocycles. The van der Waals surface area contributed by atoms with Crippen molar-refractivity contribution in [3.05, 3.63) is 53.6 Å². The van der Waals surface area contributed by atoms with Crippen molar-refractivity contribution >= 4 is 10.0 Å². The number of hydrogen-bond donors (Lipinski definition) is 0. The normalized spacial score (nSPS) is 19.9. The molecular formula is C19H18N2O4S. The Hall–Kier alpha value is -2.56. The molecule has 0 spiro atoms. The second-order valence-electron chi connectivity index (χ2n) is 6.32. The predicted octanol–water partition coefficient (Wildman–Crippen LogP) is 2.86. The minimum Gasteiger partial charge on any atom is -0.486 e. The Morgan fingerprint density at radius 2 is 1.88 bits per heavy atom. The van der Waals surface area contributed by atoms with E-state index < -0.39 is 10.0 Å². The van der Waals surface area contributed by atoms with E-state index in [0.29, 0.717) is 36.8 Å². The fourth-order valence-electron chi connectivity index (χ4n) is 3.49. The lowest BCUT2D eigenvalue weighted by atomic mass is 10.0. The Morgan fingerprint density at radius 3 is 2.69 bits per heavy atom. The van der Waals surface area contributed by atoms with E-state index in [0.717, 1.165) is 18.4 Å². The molecule has 6 nitrogen and oxygen atoms in total. The summed E-state index contributed by atoms with van der Waals surface area (Å²) in [6.45, 7) is 1.47. The molecule has 0 amide bonds. The standard InChI is InChI=1S/C19H18N2O4S/c20-13-14-3-1-4-16(11-14)26(22,23)21-8-2-5-17(21)15-6-7-18-19(12-15)25-10-9-24-18/h1,3-4,6-7,11-12,17H,2,5,8-10H2/t17-/m1/s1. The summed E-state index contributed by atoms with van der Waals surface area (Å²) in [7, 11) is -3.68. The van der Waals surface area contributed by atoms with Crippen LogP contribution in [0, 0.1) is 11.3 Å². The molecule has 1 saturated heterocycles. The Labute approximate surface area is 152 Å². The van der Waals surface area contributed by atoms with Crippen molar-refractivity contribution in [3.63, 3.8) is 0 Å². The lowest BCUT2D eigenvalue weighted by Gasteiger charge is -2.26. The summed E-state index contributed by atoms with van der Waals surface area (Å²) in [6.07, 6.45) is 1.53. The van der Waals surface area contributed by atoms with Crippen LogP contribution in [0.25, 0.3) is 0 Å². The molecule has 2 aromatic rings. The van der Waals surface area contributed by atoms with Gasteiger partial charge < -0.3 is 9.47 Å². The minimum absolute atomic E-state index is 0.154. The maximum Gasteiger partial charge on any atom is 0.243 e. The van der Waals surface area contributed by atoms with Gasteiger partial charge in [-0.3, -0.25) is 0 Å². The van der Waals surface area contributed by atoms with E-state index in [4.69, 9.17) is 14.7 Å². The molecule has 0 unspecified atom stereocenters. The summed E-state index contributed by atoms with van der Waals surface area (Å²) < 4.78 is 39.0. The van der Waals surface area contributed by atoms with Gasteiger partial charge in [0.15, 0.2) is 11.5 Å². The first kappa shape index (κ1) is 16.9. The average molecular weight is 370 g/mol. The van der Waals surface area contributed by atoms with Crippen LogP contribution in [0.5, 0.6) is 11.5 Å². The van der Waals surface area contributed by atoms with Crippen molar-refractivity contribution in [2.75, 3.05) is 19.8 Å². The zero-order chi connectivity index (χ0) is 18.1. The third-order valence-electron chi connectivity index (χ3n) is 4.72. The summed E-state index contributed by atoms with van der Waals surface area (Å²) in [5.41, 5.74) is 1.23. The quantitative estimate of drug-likeness (QED) is 0.830. The molecule has 0 aliphatic carbocycles. The number of nitrogens with zero attached hydrogens (tertiary/aromatic N) is 2. The summed E-state index contributed by atoms with van der Waals surface area (Å²) in [5, 5.41) is 9.05. The van der Waals surface area contributed by atoms with Gasteiger partial charge in [0.1, 0.15) is 13.2 Å². The highest BCUT2D eigenvalue weighted by atomic mass is 32.2. The molecule has 0 N–H and O–H groups in total. The van der Waals surface area contributed by atoms with Crippen LogP contribution in [0.4, 0.5) is 0 Å². The van der Waals surface area contributed by atoms with E-state index in [1.165, 1.54) is 16.4 Å². The smallest absolute Gasteiger partial charge is 0.243 e. The molecule has 4 rings (SSSR count). The Balaban J connectivity index is 1.69. The molecule has 2 heterocycles. The second-order valence-corrected chi connectivity index (χ2v) is 8.21. The van der Waals surface area contributed by atoms with E-state index in [9.17, 15) is 8.42 Å². The Morgan fingerprint density at radius 1 is 1.08 bits per heavy atom. The van der Waals surface area contributed by atoms with Gasteiger partial charge in [-0.25, -0.2) is 8.42 Å². The minimum atomic E-state index is -3.68. The molecule has 134 valence electrons. The first-order valence-electron chi connectivity index (χ1n) is 8.51. The zero-order valence-electron chi connectivity index (χ0n) is 14.1. The lowest BCUT2D eigenvalue weighted by molar-refractivity contribution is 0.171. The molecule has 1 atom stereocenters. The molecule has 26 heavy (non-hydrogen) atoms. The van der Waals surface area contributed by atoms with E-state index in [1.807, 2.05) is 24.3 Å². The maximum absolute atomic E-state index is 13.1.